The van der Waals surface area contributed by atoms with Crippen molar-refractivity contribution in [3.05, 3.63) is 53.1 Å². The Bertz CT molecular complexity index is 1060. The molecule has 120 valence electrons. The third-order valence-electron chi connectivity index (χ3n) is 3.73. The summed E-state index contributed by atoms with van der Waals surface area (Å²) in [5.41, 5.74) is 2.43. The maximum absolute atomic E-state index is 12.6. The number of aromatic amines is 1. The van der Waals surface area contributed by atoms with Gasteiger partial charge in [0, 0.05) is 12.7 Å². The molecule has 0 fully saturated rings. The fourth-order valence-corrected chi connectivity index (χ4v) is 2.60. The molecule has 2 aliphatic rings. The Kier molecular flexibility index (Phi) is 3.16. The van der Waals surface area contributed by atoms with Crippen molar-refractivity contribution in [1.29, 1.82) is 0 Å². The van der Waals surface area contributed by atoms with Crippen molar-refractivity contribution in [2.24, 2.45) is 0 Å². The lowest BCUT2D eigenvalue weighted by Gasteiger charge is -1.99. The summed E-state index contributed by atoms with van der Waals surface area (Å²) in [4.78, 5) is 27.5. The highest BCUT2D eigenvalue weighted by Gasteiger charge is 2.21. The summed E-state index contributed by atoms with van der Waals surface area (Å²) in [6, 6.07) is 8.83. The molecule has 0 radical (unpaired) electrons. The molecule has 1 amide bonds. The van der Waals surface area contributed by atoms with Crippen molar-refractivity contribution in [2.45, 2.75) is 6.92 Å². The van der Waals surface area contributed by atoms with Crippen LogP contribution in [-0.2, 0) is 0 Å². The highest BCUT2D eigenvalue weighted by Crippen LogP contribution is 2.24. The highest BCUT2D eigenvalue weighted by atomic mass is 16.2. The molecule has 2 aromatic rings. The second kappa shape index (κ2) is 5.34. The van der Waals surface area contributed by atoms with Crippen LogP contribution in [0.2, 0.25) is 0 Å². The van der Waals surface area contributed by atoms with Crippen LogP contribution < -0.4 is 10.9 Å². The number of carbonyl (C=O) groups is 1. The summed E-state index contributed by atoms with van der Waals surface area (Å²) in [6.07, 6.45) is 3.17. The number of nitrogens with one attached hydrogen (secondary N) is 2. The van der Waals surface area contributed by atoms with Gasteiger partial charge in [0.1, 0.15) is 11.2 Å². The first-order valence-corrected chi connectivity index (χ1v) is 7.52. The number of benzene rings is 1. The number of rotatable bonds is 2. The largest absolute Gasteiger partial charge is 0.358 e. The summed E-state index contributed by atoms with van der Waals surface area (Å²) >= 11 is 0. The summed E-state index contributed by atoms with van der Waals surface area (Å²) < 4.78 is 2.54. The maximum atomic E-state index is 12.6. The highest BCUT2D eigenvalue weighted by molar-refractivity contribution is 5.92. The number of nitrogens with zero attached hydrogens (tertiary/aromatic N) is 4. The van der Waals surface area contributed by atoms with Gasteiger partial charge < -0.3 is 10.3 Å². The molecule has 8 nitrogen and oxygen atoms in total. The molecule has 0 saturated heterocycles. The van der Waals surface area contributed by atoms with E-state index in [0.717, 1.165) is 0 Å². The zero-order valence-corrected chi connectivity index (χ0v) is 12.9. The van der Waals surface area contributed by atoms with Crippen molar-refractivity contribution in [2.75, 3.05) is 6.54 Å². The Balaban J connectivity index is 1.93. The van der Waals surface area contributed by atoms with Gasteiger partial charge in [-0.2, -0.15) is 19.6 Å². The Morgan fingerprint density at radius 3 is 2.79 bits per heavy atom. The molecule has 8 heteroatoms. The molecule has 1 aromatic heterocycles. The van der Waals surface area contributed by atoms with E-state index in [1.165, 1.54) is 9.36 Å². The van der Waals surface area contributed by atoms with Gasteiger partial charge in [0.15, 0.2) is 0 Å². The molecule has 2 aliphatic heterocycles. The molecular formula is C16H14N6O2. The number of hydrogen-bond acceptors (Lipinski definition) is 4. The Morgan fingerprint density at radius 2 is 2.04 bits per heavy atom. The third kappa shape index (κ3) is 2.08. The number of carbonyl (C=O) groups excluding carboxylic acids is 1. The lowest BCUT2D eigenvalue weighted by molar-refractivity contribution is 0.240. The normalized spacial score (nSPS) is 11.2. The minimum absolute atomic E-state index is 0.234. The first kappa shape index (κ1) is 14.2. The first-order valence-electron chi connectivity index (χ1n) is 7.52. The third-order valence-corrected chi connectivity index (χ3v) is 3.73. The summed E-state index contributed by atoms with van der Waals surface area (Å²) in [7, 11) is 0. The van der Waals surface area contributed by atoms with E-state index in [1.807, 2.05) is 37.3 Å². The Hall–Kier alpha value is -3.42. The molecule has 0 unspecified atom stereocenters. The van der Waals surface area contributed by atoms with Crippen LogP contribution >= 0.6 is 0 Å². The minimum atomic E-state index is -0.333. The lowest BCUT2D eigenvalue weighted by Crippen LogP contribution is -2.28. The van der Waals surface area contributed by atoms with E-state index < -0.39 is 0 Å². The molecule has 0 bridgehead atoms. The predicted molar refractivity (Wildman–Crippen MR) is 88.6 cm³/mol. The van der Waals surface area contributed by atoms with Crippen LogP contribution in [0.15, 0.2) is 47.5 Å². The fourth-order valence-electron chi connectivity index (χ4n) is 2.60. The minimum Gasteiger partial charge on any atom is -0.358 e. The van der Waals surface area contributed by atoms with E-state index in [-0.39, 0.29) is 11.6 Å². The summed E-state index contributed by atoms with van der Waals surface area (Å²) in [5, 5.41) is 11.3. The number of fused-ring (bicyclic) bond motifs is 3. The van der Waals surface area contributed by atoms with E-state index in [0.29, 0.717) is 34.5 Å². The summed E-state index contributed by atoms with van der Waals surface area (Å²) in [6.45, 7) is 2.33. The van der Waals surface area contributed by atoms with Crippen LogP contribution in [-0.4, -0.2) is 37.1 Å². The average molecular weight is 322 g/mol. The van der Waals surface area contributed by atoms with E-state index in [4.69, 9.17) is 0 Å². The van der Waals surface area contributed by atoms with Gasteiger partial charge in [0.05, 0.1) is 23.0 Å². The molecule has 0 aliphatic carbocycles. The number of amides is 1. The zero-order chi connectivity index (χ0) is 16.7. The summed E-state index contributed by atoms with van der Waals surface area (Å²) in [5.74, 6) is 0. The monoisotopic (exact) mass is 322 g/mol. The van der Waals surface area contributed by atoms with Crippen LogP contribution in [0.3, 0.4) is 0 Å². The second-order valence-electron chi connectivity index (χ2n) is 5.27. The van der Waals surface area contributed by atoms with Crippen molar-refractivity contribution in [3.63, 3.8) is 0 Å². The van der Waals surface area contributed by atoms with Gasteiger partial charge in [-0.1, -0.05) is 18.2 Å². The van der Waals surface area contributed by atoms with Crippen molar-refractivity contribution >= 4 is 17.1 Å². The van der Waals surface area contributed by atoms with E-state index in [1.54, 1.807) is 12.4 Å². The molecule has 3 heterocycles. The SMILES string of the molecule is CCNC(=O)n1cc2[nH]cc3c(=O)n(-c4ccccc4)nc-3c2n1. The molecule has 2 N–H and O–H groups in total. The average Bonchev–Trinajstić information content (AvgIpc) is 3.17. The van der Waals surface area contributed by atoms with E-state index in [2.05, 4.69) is 20.5 Å². The van der Waals surface area contributed by atoms with Gasteiger partial charge in [-0.15, -0.1) is 0 Å². The van der Waals surface area contributed by atoms with Gasteiger partial charge >= 0.3 is 6.03 Å². The van der Waals surface area contributed by atoms with Crippen LogP contribution in [0, 0.1) is 0 Å². The number of pyridine rings is 1. The van der Waals surface area contributed by atoms with Crippen molar-refractivity contribution in [3.8, 4) is 16.9 Å². The lowest BCUT2D eigenvalue weighted by atomic mass is 10.2. The number of aromatic nitrogens is 5. The molecule has 0 atom stereocenters. The topological polar surface area (TPSA) is 97.6 Å². The van der Waals surface area contributed by atoms with E-state index >= 15 is 0 Å². The van der Waals surface area contributed by atoms with Gasteiger partial charge in [-0.05, 0) is 19.1 Å². The second-order valence-corrected chi connectivity index (χ2v) is 5.27. The standard InChI is InChI=1S/C16H14N6O2/c1-2-17-16(24)21-9-12-14(19-21)13-11(8-18-12)15(23)22(20-13)10-6-4-3-5-7-10/h3-9,18H,2H2,1H3,(H,17,24). The van der Waals surface area contributed by atoms with Gasteiger partial charge in [-0.3, -0.25) is 4.79 Å². The number of para-hydroxylation sites is 1. The molecule has 0 spiro atoms. The van der Waals surface area contributed by atoms with Crippen LogP contribution in [0.4, 0.5) is 4.79 Å². The van der Waals surface area contributed by atoms with Crippen molar-refractivity contribution < 1.29 is 4.79 Å². The Morgan fingerprint density at radius 1 is 1.25 bits per heavy atom. The number of H-pyrrole nitrogens is 1. The molecule has 24 heavy (non-hydrogen) atoms. The molecular weight excluding hydrogens is 308 g/mol. The molecule has 0 saturated carbocycles. The van der Waals surface area contributed by atoms with Gasteiger partial charge in [0.25, 0.3) is 5.56 Å². The molecule has 1 aromatic carbocycles. The van der Waals surface area contributed by atoms with E-state index in [9.17, 15) is 9.59 Å². The first-order chi connectivity index (χ1) is 11.7. The quantitative estimate of drug-likeness (QED) is 0.585. The van der Waals surface area contributed by atoms with Crippen molar-refractivity contribution in [1.82, 2.24) is 29.9 Å². The van der Waals surface area contributed by atoms with Crippen LogP contribution in [0.25, 0.3) is 28.0 Å². The zero-order valence-electron chi connectivity index (χ0n) is 12.9. The van der Waals surface area contributed by atoms with Crippen LogP contribution in [0.5, 0.6) is 0 Å². The smallest absolute Gasteiger partial charge is 0.342 e. The number of hydrogen-bond donors (Lipinski definition) is 2. The maximum Gasteiger partial charge on any atom is 0.342 e. The molecule has 4 rings (SSSR count). The van der Waals surface area contributed by atoms with Crippen LogP contribution in [0.1, 0.15) is 6.92 Å². The predicted octanol–water partition coefficient (Wildman–Crippen LogP) is 1.59. The van der Waals surface area contributed by atoms with Gasteiger partial charge in [-0.25, -0.2) is 4.79 Å². The Labute approximate surface area is 136 Å². The van der Waals surface area contributed by atoms with Gasteiger partial charge in [0.2, 0.25) is 0 Å². The fraction of sp³-hybridized carbons (Fsp3) is 0.125.